The number of benzene rings is 3. The molecule has 5 heteroatoms. The summed E-state index contributed by atoms with van der Waals surface area (Å²) in [5.74, 6) is 0.761. The predicted octanol–water partition coefficient (Wildman–Crippen LogP) is 8.19. The number of rotatable bonds is 8. The van der Waals surface area contributed by atoms with Crippen LogP contribution in [0, 0.1) is 0 Å². The van der Waals surface area contributed by atoms with E-state index < -0.39 is 0 Å². The van der Waals surface area contributed by atoms with Crippen molar-refractivity contribution in [1.82, 2.24) is 0 Å². The second kappa shape index (κ2) is 20.8. The van der Waals surface area contributed by atoms with E-state index >= 15 is 0 Å². The van der Waals surface area contributed by atoms with Crippen molar-refractivity contribution in [2.24, 2.45) is 0 Å². The maximum atomic E-state index is 10.2. The summed E-state index contributed by atoms with van der Waals surface area (Å²) < 4.78 is 15.0. The molecule has 0 aliphatic heterocycles. The van der Waals surface area contributed by atoms with Crippen LogP contribution >= 0.6 is 0 Å². The summed E-state index contributed by atoms with van der Waals surface area (Å²) in [4.78, 5) is 10.2. The number of hydrogen-bond acceptors (Lipinski definition) is 5. The van der Waals surface area contributed by atoms with E-state index in [2.05, 4.69) is 31.1 Å². The van der Waals surface area contributed by atoms with Gasteiger partial charge < -0.3 is 19.3 Å². The van der Waals surface area contributed by atoms with Crippen molar-refractivity contribution in [2.75, 3.05) is 13.7 Å². The van der Waals surface area contributed by atoms with Crippen molar-refractivity contribution in [3.63, 3.8) is 0 Å². The molecule has 0 bridgehead atoms. The van der Waals surface area contributed by atoms with Crippen LogP contribution in [0.2, 0.25) is 0 Å². The van der Waals surface area contributed by atoms with Gasteiger partial charge in [-0.2, -0.15) is 0 Å². The molecule has 1 atom stereocenters. The van der Waals surface area contributed by atoms with E-state index in [1.54, 1.807) is 31.2 Å². The summed E-state index contributed by atoms with van der Waals surface area (Å²) in [7, 11) is 1.33. The molecule has 0 heterocycles. The highest BCUT2D eigenvalue weighted by molar-refractivity contribution is 5.86. The highest BCUT2D eigenvalue weighted by Gasteiger charge is 2.01. The highest BCUT2D eigenvalue weighted by Crippen LogP contribution is 2.14. The second-order valence-corrected chi connectivity index (χ2v) is 7.60. The largest absolute Gasteiger partial charge is 0.508 e. The summed E-state index contributed by atoms with van der Waals surface area (Å²) in [6.45, 7) is 20.3. The fourth-order valence-corrected chi connectivity index (χ4v) is 2.52. The molecule has 0 aliphatic rings. The normalized spacial score (nSPS) is 9.79. The molecule has 0 aliphatic carbocycles. The lowest BCUT2D eigenvalue weighted by atomic mass is 10.2. The molecule has 0 saturated carbocycles. The Bertz CT molecular complexity index is 1080. The quantitative estimate of drug-likeness (QED) is 0.186. The molecule has 5 nitrogen and oxygen atoms in total. The molecule has 1 unspecified atom stereocenters. The Morgan fingerprint density at radius 2 is 1.29 bits per heavy atom. The number of esters is 1. The molecule has 0 fully saturated rings. The fourth-order valence-electron chi connectivity index (χ4n) is 2.52. The van der Waals surface area contributed by atoms with Crippen molar-refractivity contribution >= 4 is 24.2 Å². The number of carbonyl (C=O) groups is 1. The molecule has 0 aromatic heterocycles. The number of aromatic hydroxyl groups is 1. The maximum absolute atomic E-state index is 10.2. The van der Waals surface area contributed by atoms with E-state index in [0.29, 0.717) is 17.9 Å². The molecule has 3 aromatic carbocycles. The molecular weight excluding hydrogens is 476 g/mol. The van der Waals surface area contributed by atoms with Crippen LogP contribution in [-0.2, 0) is 14.3 Å². The summed E-state index contributed by atoms with van der Waals surface area (Å²) in [5.41, 5.74) is 3.71. The first-order chi connectivity index (χ1) is 18.2. The van der Waals surface area contributed by atoms with Crippen molar-refractivity contribution in [3.8, 4) is 11.5 Å². The Labute approximate surface area is 228 Å². The summed E-state index contributed by atoms with van der Waals surface area (Å²) in [6.07, 6.45) is 5.17. The topological polar surface area (TPSA) is 65.0 Å². The van der Waals surface area contributed by atoms with E-state index in [1.165, 1.54) is 12.7 Å². The number of methoxy groups -OCH3 is 1. The van der Waals surface area contributed by atoms with Crippen molar-refractivity contribution in [3.05, 3.63) is 127 Å². The average Bonchev–Trinajstić information content (AvgIpc) is 2.95. The zero-order valence-electron chi connectivity index (χ0n) is 22.9. The number of phenols is 1. The molecule has 0 saturated heterocycles. The van der Waals surface area contributed by atoms with E-state index in [4.69, 9.17) is 14.6 Å². The first kappa shape index (κ1) is 33.7. The van der Waals surface area contributed by atoms with Crippen LogP contribution < -0.4 is 4.74 Å². The van der Waals surface area contributed by atoms with Crippen LogP contribution in [0.1, 0.15) is 37.5 Å². The molecule has 3 rings (SSSR count). The highest BCUT2D eigenvalue weighted by atomic mass is 16.7. The third kappa shape index (κ3) is 16.3. The first-order valence-electron chi connectivity index (χ1n) is 12.0. The van der Waals surface area contributed by atoms with Crippen LogP contribution in [0.15, 0.2) is 111 Å². The van der Waals surface area contributed by atoms with E-state index in [9.17, 15) is 4.79 Å². The first-order valence-corrected chi connectivity index (χ1v) is 12.0. The zero-order valence-corrected chi connectivity index (χ0v) is 22.9. The number of phenolic OH excluding ortho intramolecular Hbond substituents is 1. The van der Waals surface area contributed by atoms with Crippen molar-refractivity contribution < 1.29 is 24.1 Å². The summed E-state index contributed by atoms with van der Waals surface area (Å²) in [6, 6.07) is 24.7. The number of ether oxygens (including phenoxy) is 3. The molecule has 1 N–H and O–H groups in total. The average molecular weight is 517 g/mol. The van der Waals surface area contributed by atoms with Gasteiger partial charge in [0.25, 0.3) is 0 Å². The van der Waals surface area contributed by atoms with Gasteiger partial charge in [0.15, 0.2) is 6.29 Å². The second-order valence-electron chi connectivity index (χ2n) is 7.60. The van der Waals surface area contributed by atoms with Crippen LogP contribution in [0.5, 0.6) is 11.5 Å². The minimum Gasteiger partial charge on any atom is -0.508 e. The van der Waals surface area contributed by atoms with Crippen molar-refractivity contribution in [1.29, 1.82) is 0 Å². The molecule has 202 valence electrons. The van der Waals surface area contributed by atoms with E-state index in [-0.39, 0.29) is 12.3 Å². The van der Waals surface area contributed by atoms with Gasteiger partial charge in [-0.05, 0) is 61.7 Å². The monoisotopic (exact) mass is 516 g/mol. The van der Waals surface area contributed by atoms with Gasteiger partial charge in [-0.15, -0.1) is 0 Å². The standard InChI is InChI=1S/C12H16O2.C8H8O.C8H8.C5H8O2/c1-4-11-6-8-12(9-7-11)14-10(3)13-5-2;1-2-7-3-5-8(9)6-4-7;1-2-8-6-4-3-5-7-8;1-4(2)5(6)7-3/h4,6-10H,1,5H2,2-3H3;2-6,9H,1H2;2-7H,1H2;1H2,2-3H3. The predicted molar refractivity (Wildman–Crippen MR) is 160 cm³/mol. The van der Waals surface area contributed by atoms with Gasteiger partial charge in [0.2, 0.25) is 0 Å². The van der Waals surface area contributed by atoms with Gasteiger partial charge in [-0.1, -0.05) is 99.1 Å². The van der Waals surface area contributed by atoms with Gasteiger partial charge in [-0.25, -0.2) is 4.79 Å². The van der Waals surface area contributed by atoms with Gasteiger partial charge >= 0.3 is 5.97 Å². The summed E-state index contributed by atoms with van der Waals surface area (Å²) in [5, 5.41) is 8.82. The molecule has 38 heavy (non-hydrogen) atoms. The lowest BCUT2D eigenvalue weighted by Gasteiger charge is -2.14. The van der Waals surface area contributed by atoms with E-state index in [0.717, 1.165) is 16.9 Å². The minimum atomic E-state index is -0.347. The Hall–Kier alpha value is -4.35. The van der Waals surface area contributed by atoms with Gasteiger partial charge in [0.1, 0.15) is 11.5 Å². The molecular formula is C33H40O5. The SMILES string of the molecule is C=C(C)C(=O)OC.C=Cc1ccc(O)cc1.C=Cc1ccc(OC(C)OCC)cc1.C=Cc1ccccc1. The van der Waals surface area contributed by atoms with Crippen LogP contribution in [0.25, 0.3) is 18.2 Å². The lowest BCUT2D eigenvalue weighted by Crippen LogP contribution is -2.15. The Morgan fingerprint density at radius 3 is 1.63 bits per heavy atom. The van der Waals surface area contributed by atoms with Crippen LogP contribution in [0.3, 0.4) is 0 Å². The Balaban J connectivity index is 0.000000501. The van der Waals surface area contributed by atoms with Gasteiger partial charge in [0.05, 0.1) is 7.11 Å². The molecule has 0 amide bonds. The maximum Gasteiger partial charge on any atom is 0.332 e. The minimum absolute atomic E-state index is 0.199. The lowest BCUT2D eigenvalue weighted by molar-refractivity contribution is -0.136. The Morgan fingerprint density at radius 1 is 0.842 bits per heavy atom. The fraction of sp³-hybridized carbons (Fsp3) is 0.182. The van der Waals surface area contributed by atoms with E-state index in [1.807, 2.05) is 86.7 Å². The van der Waals surface area contributed by atoms with Crippen molar-refractivity contribution in [2.45, 2.75) is 27.1 Å². The Kier molecular flexibility index (Phi) is 18.4. The van der Waals surface area contributed by atoms with Gasteiger partial charge in [-0.3, -0.25) is 0 Å². The molecule has 3 aromatic rings. The number of hydrogen-bond donors (Lipinski definition) is 1. The van der Waals surface area contributed by atoms with Crippen LogP contribution in [-0.4, -0.2) is 31.1 Å². The third-order valence-electron chi connectivity index (χ3n) is 4.52. The molecule has 0 spiro atoms. The zero-order chi connectivity index (χ0) is 28.8. The van der Waals surface area contributed by atoms with Crippen LogP contribution in [0.4, 0.5) is 0 Å². The summed E-state index contributed by atoms with van der Waals surface area (Å²) >= 11 is 0. The smallest absolute Gasteiger partial charge is 0.332 e. The van der Waals surface area contributed by atoms with Gasteiger partial charge in [0, 0.05) is 12.2 Å². The third-order valence-corrected chi connectivity index (χ3v) is 4.52. The number of carbonyl (C=O) groups excluding carboxylic acids is 1. The molecule has 0 radical (unpaired) electrons.